The van der Waals surface area contributed by atoms with Gasteiger partial charge in [-0.1, -0.05) is 54.6 Å². The molecule has 0 amide bonds. The van der Waals surface area contributed by atoms with Gasteiger partial charge in [-0.2, -0.15) is 0 Å². The molecule has 0 spiro atoms. The minimum absolute atomic E-state index is 0.0430. The molecule has 0 N–H and O–H groups in total. The normalized spacial score (nSPS) is 12.1. The van der Waals surface area contributed by atoms with Crippen LogP contribution in [0.25, 0.3) is 0 Å². The van der Waals surface area contributed by atoms with Crippen molar-refractivity contribution in [2.75, 3.05) is 0 Å². The zero-order valence-electron chi connectivity index (χ0n) is 9.97. The van der Waals surface area contributed by atoms with Crippen molar-refractivity contribution in [1.82, 2.24) is 0 Å². The Morgan fingerprint density at radius 3 is 2.29 bits per heavy atom. The van der Waals surface area contributed by atoms with Gasteiger partial charge in [-0.05, 0) is 30.0 Å². The maximum Gasteiger partial charge on any atom is 0.127 e. The van der Waals surface area contributed by atoms with Crippen LogP contribution in [0.1, 0.15) is 22.6 Å². The van der Waals surface area contributed by atoms with Crippen LogP contribution in [0.4, 0.5) is 0 Å². The van der Waals surface area contributed by atoms with E-state index in [1.807, 2.05) is 36.4 Å². The van der Waals surface area contributed by atoms with Crippen molar-refractivity contribution in [2.45, 2.75) is 19.3 Å². The van der Waals surface area contributed by atoms with Crippen molar-refractivity contribution in [2.24, 2.45) is 0 Å². The molecular weight excluding hydrogens is 208 g/mol. The quantitative estimate of drug-likeness (QED) is 0.726. The van der Waals surface area contributed by atoms with Gasteiger partial charge in [0.25, 0.3) is 0 Å². The number of aryl methyl sites for hydroxylation is 1. The summed E-state index contributed by atoms with van der Waals surface area (Å²) in [5.41, 5.74) is 3.51. The Bertz CT molecular complexity index is 488. The fourth-order valence-corrected chi connectivity index (χ4v) is 2.10. The second-order valence-electron chi connectivity index (χ2n) is 4.29. The summed E-state index contributed by atoms with van der Waals surface area (Å²) in [5, 5.41) is 0. The summed E-state index contributed by atoms with van der Waals surface area (Å²) in [6, 6.07) is 18.2. The van der Waals surface area contributed by atoms with Gasteiger partial charge in [0.05, 0.1) is 0 Å². The lowest BCUT2D eigenvalue weighted by Crippen LogP contribution is -2.06. The van der Waals surface area contributed by atoms with E-state index in [4.69, 9.17) is 0 Å². The molecule has 0 aliphatic rings. The average molecular weight is 224 g/mol. The first-order valence-electron chi connectivity index (χ1n) is 5.86. The monoisotopic (exact) mass is 224 g/mol. The largest absolute Gasteiger partial charge is 0.303 e. The number of carbonyl (C=O) groups is 1. The van der Waals surface area contributed by atoms with E-state index in [2.05, 4.69) is 25.1 Å². The maximum absolute atomic E-state index is 11.3. The third-order valence-corrected chi connectivity index (χ3v) is 3.05. The van der Waals surface area contributed by atoms with E-state index in [9.17, 15) is 4.79 Å². The molecule has 0 aliphatic heterocycles. The van der Waals surface area contributed by atoms with Crippen LogP contribution >= 0.6 is 0 Å². The van der Waals surface area contributed by atoms with E-state index >= 15 is 0 Å². The molecule has 1 nitrogen and oxygen atoms in total. The Morgan fingerprint density at radius 1 is 1.00 bits per heavy atom. The van der Waals surface area contributed by atoms with Crippen molar-refractivity contribution in [3.8, 4) is 0 Å². The summed E-state index contributed by atoms with van der Waals surface area (Å²) in [6.45, 7) is 2.05. The first kappa shape index (κ1) is 11.6. The lowest BCUT2D eigenvalue weighted by Gasteiger charge is -2.13. The van der Waals surface area contributed by atoms with Crippen LogP contribution in [-0.2, 0) is 11.2 Å². The molecule has 0 bridgehead atoms. The van der Waals surface area contributed by atoms with Crippen LogP contribution in [0.15, 0.2) is 54.6 Å². The molecule has 0 heterocycles. The van der Waals surface area contributed by atoms with Crippen molar-refractivity contribution in [1.29, 1.82) is 0 Å². The van der Waals surface area contributed by atoms with Gasteiger partial charge in [-0.15, -0.1) is 0 Å². The zero-order valence-corrected chi connectivity index (χ0v) is 9.97. The topological polar surface area (TPSA) is 17.1 Å². The molecule has 2 aromatic rings. The highest BCUT2D eigenvalue weighted by molar-refractivity contribution is 5.64. The molecule has 17 heavy (non-hydrogen) atoms. The standard InChI is InChI=1S/C16H16O/c1-13-7-5-6-10-16(13)15(12-17)11-14-8-3-2-4-9-14/h2-10,12,15H,11H2,1H3. The zero-order chi connectivity index (χ0) is 12.1. The fraction of sp³-hybridized carbons (Fsp3) is 0.188. The first-order valence-corrected chi connectivity index (χ1v) is 5.86. The fourth-order valence-electron chi connectivity index (χ4n) is 2.10. The van der Waals surface area contributed by atoms with Crippen LogP contribution in [0, 0.1) is 6.92 Å². The predicted octanol–water partition coefficient (Wildman–Crippen LogP) is 3.52. The second kappa shape index (κ2) is 5.44. The first-order chi connectivity index (χ1) is 8.31. The van der Waals surface area contributed by atoms with Gasteiger partial charge < -0.3 is 4.79 Å². The molecule has 0 radical (unpaired) electrons. The van der Waals surface area contributed by atoms with Crippen LogP contribution < -0.4 is 0 Å². The molecule has 86 valence electrons. The number of carbonyl (C=O) groups excluding carboxylic acids is 1. The Balaban J connectivity index is 2.24. The summed E-state index contributed by atoms with van der Waals surface area (Å²) in [6.07, 6.45) is 1.82. The minimum atomic E-state index is -0.0430. The van der Waals surface area contributed by atoms with Gasteiger partial charge >= 0.3 is 0 Å². The van der Waals surface area contributed by atoms with E-state index in [1.165, 1.54) is 11.1 Å². The van der Waals surface area contributed by atoms with Crippen molar-refractivity contribution in [3.05, 3.63) is 71.3 Å². The third kappa shape index (κ3) is 2.82. The number of benzene rings is 2. The molecule has 1 atom stereocenters. The SMILES string of the molecule is Cc1ccccc1C(C=O)Cc1ccccc1. The van der Waals surface area contributed by atoms with Gasteiger partial charge in [-0.25, -0.2) is 0 Å². The van der Waals surface area contributed by atoms with Crippen LogP contribution in [0.2, 0.25) is 0 Å². The molecule has 0 fully saturated rings. The molecule has 0 saturated heterocycles. The molecule has 0 aliphatic carbocycles. The van der Waals surface area contributed by atoms with E-state index in [0.29, 0.717) is 0 Å². The predicted molar refractivity (Wildman–Crippen MR) is 70.1 cm³/mol. The van der Waals surface area contributed by atoms with E-state index in [1.54, 1.807) is 0 Å². The second-order valence-corrected chi connectivity index (χ2v) is 4.29. The highest BCUT2D eigenvalue weighted by atomic mass is 16.1. The Kier molecular flexibility index (Phi) is 3.71. The van der Waals surface area contributed by atoms with Crippen molar-refractivity contribution < 1.29 is 4.79 Å². The number of hydrogen-bond acceptors (Lipinski definition) is 1. The molecule has 0 saturated carbocycles. The lowest BCUT2D eigenvalue weighted by molar-refractivity contribution is -0.109. The van der Waals surface area contributed by atoms with Gasteiger partial charge in [-0.3, -0.25) is 0 Å². The van der Waals surface area contributed by atoms with Gasteiger partial charge in [0, 0.05) is 5.92 Å². The molecule has 2 rings (SSSR count). The third-order valence-electron chi connectivity index (χ3n) is 3.05. The van der Waals surface area contributed by atoms with Crippen molar-refractivity contribution >= 4 is 6.29 Å². The Hall–Kier alpha value is -1.89. The molecule has 1 heteroatoms. The van der Waals surface area contributed by atoms with E-state index in [-0.39, 0.29) is 5.92 Å². The summed E-state index contributed by atoms with van der Waals surface area (Å²) in [5.74, 6) is -0.0430. The van der Waals surface area contributed by atoms with Crippen LogP contribution in [0.5, 0.6) is 0 Å². The molecule has 0 aromatic heterocycles. The smallest absolute Gasteiger partial charge is 0.127 e. The van der Waals surface area contributed by atoms with Gasteiger partial charge in [0.2, 0.25) is 0 Å². The minimum Gasteiger partial charge on any atom is -0.303 e. The molecule has 2 aromatic carbocycles. The lowest BCUT2D eigenvalue weighted by atomic mass is 9.90. The summed E-state index contributed by atoms with van der Waals surface area (Å²) < 4.78 is 0. The average Bonchev–Trinajstić information content (AvgIpc) is 2.38. The summed E-state index contributed by atoms with van der Waals surface area (Å²) in [4.78, 5) is 11.3. The highest BCUT2D eigenvalue weighted by Gasteiger charge is 2.12. The summed E-state index contributed by atoms with van der Waals surface area (Å²) >= 11 is 0. The number of hydrogen-bond donors (Lipinski definition) is 0. The number of rotatable bonds is 4. The Morgan fingerprint density at radius 2 is 1.65 bits per heavy atom. The van der Waals surface area contributed by atoms with Crippen LogP contribution in [0.3, 0.4) is 0 Å². The summed E-state index contributed by atoms with van der Waals surface area (Å²) in [7, 11) is 0. The van der Waals surface area contributed by atoms with E-state index < -0.39 is 0 Å². The maximum atomic E-state index is 11.3. The number of aldehydes is 1. The van der Waals surface area contributed by atoms with E-state index in [0.717, 1.165) is 18.3 Å². The van der Waals surface area contributed by atoms with Crippen LogP contribution in [-0.4, -0.2) is 6.29 Å². The molecular formula is C16H16O. The highest BCUT2D eigenvalue weighted by Crippen LogP contribution is 2.21. The Labute approximate surface area is 102 Å². The van der Waals surface area contributed by atoms with Gasteiger partial charge in [0.15, 0.2) is 0 Å². The molecule has 1 unspecified atom stereocenters. The van der Waals surface area contributed by atoms with Gasteiger partial charge in [0.1, 0.15) is 6.29 Å². The van der Waals surface area contributed by atoms with Crippen molar-refractivity contribution in [3.63, 3.8) is 0 Å².